The molecule has 0 saturated carbocycles. The number of H-pyrrole nitrogens is 1. The van der Waals surface area contributed by atoms with Crippen molar-refractivity contribution in [3.63, 3.8) is 0 Å². The Morgan fingerprint density at radius 2 is 2.16 bits per heavy atom. The molecule has 0 aromatic carbocycles. The molecule has 25 heavy (non-hydrogen) atoms. The highest BCUT2D eigenvalue weighted by molar-refractivity contribution is 7.99. The number of carbonyl (C=O) groups excluding carboxylic acids is 1. The summed E-state index contributed by atoms with van der Waals surface area (Å²) in [6.07, 6.45) is 0.580. The molecule has 0 spiro atoms. The molecule has 8 nitrogen and oxygen atoms in total. The van der Waals surface area contributed by atoms with Crippen LogP contribution in [-0.2, 0) is 16.9 Å². The third-order valence-electron chi connectivity index (χ3n) is 4.53. The summed E-state index contributed by atoms with van der Waals surface area (Å²) < 4.78 is 26.8. The first-order chi connectivity index (χ1) is 11.7. The number of aryl methyl sites for hydroxylation is 1. The van der Waals surface area contributed by atoms with Crippen LogP contribution in [0.15, 0.2) is 16.0 Å². The highest BCUT2D eigenvalue weighted by Gasteiger charge is 2.31. The summed E-state index contributed by atoms with van der Waals surface area (Å²) in [5.41, 5.74) is 1.95. The molecule has 0 radical (unpaired) electrons. The molecule has 0 aliphatic carbocycles. The summed E-state index contributed by atoms with van der Waals surface area (Å²) in [7, 11) is -1.40. The summed E-state index contributed by atoms with van der Waals surface area (Å²) in [6, 6.07) is 1.71. The molecule has 136 valence electrons. The van der Waals surface area contributed by atoms with E-state index >= 15 is 0 Å². The third-order valence-corrected chi connectivity index (χ3v) is 7.31. The third kappa shape index (κ3) is 3.45. The van der Waals surface area contributed by atoms with Crippen molar-refractivity contribution in [2.45, 2.75) is 31.5 Å². The van der Waals surface area contributed by atoms with Crippen LogP contribution in [0.4, 0.5) is 0 Å². The number of carbonyl (C=O) groups is 1. The first kappa shape index (κ1) is 18.0. The van der Waals surface area contributed by atoms with Gasteiger partial charge < -0.3 is 4.57 Å². The lowest BCUT2D eigenvalue weighted by Crippen LogP contribution is -2.15. The number of thioether (sulfide) groups is 1. The van der Waals surface area contributed by atoms with E-state index in [0.29, 0.717) is 17.1 Å². The summed E-state index contributed by atoms with van der Waals surface area (Å²) in [5, 5.41) is 6.66. The second kappa shape index (κ2) is 6.49. The van der Waals surface area contributed by atoms with Crippen LogP contribution in [0, 0.1) is 13.8 Å². The number of hydrogen-bond acceptors (Lipinski definition) is 6. The maximum atomic E-state index is 12.6. The number of rotatable bonds is 5. The molecular formula is C15H20N4O4S2. The Hall–Kier alpha value is -1.81. The van der Waals surface area contributed by atoms with Gasteiger partial charge in [-0.1, -0.05) is 11.8 Å². The Morgan fingerprint density at radius 1 is 1.44 bits per heavy atom. The van der Waals surface area contributed by atoms with Crippen molar-refractivity contribution in [1.82, 2.24) is 19.3 Å². The van der Waals surface area contributed by atoms with Gasteiger partial charge in [0.25, 0.3) is 0 Å². The van der Waals surface area contributed by atoms with Crippen LogP contribution in [0.25, 0.3) is 0 Å². The number of nitrogens with one attached hydrogen (secondary N) is 1. The molecule has 1 N–H and O–H groups in total. The van der Waals surface area contributed by atoms with Crippen LogP contribution in [0.2, 0.25) is 0 Å². The van der Waals surface area contributed by atoms with Gasteiger partial charge in [0.2, 0.25) is 0 Å². The molecule has 0 unspecified atom stereocenters. The fraction of sp³-hybridized carbons (Fsp3) is 0.533. The van der Waals surface area contributed by atoms with E-state index in [0.717, 1.165) is 11.4 Å². The SMILES string of the molecule is Cc1cc(C(=O)CSc2n[nH]c(=O)n2C)c(C)n1[C@@H]1CCS(=O)(=O)C1. The smallest absolute Gasteiger partial charge is 0.343 e. The van der Waals surface area contributed by atoms with Crippen LogP contribution in [0.5, 0.6) is 0 Å². The molecule has 2 aromatic heterocycles. The number of aromatic nitrogens is 4. The number of hydrogen-bond donors (Lipinski definition) is 1. The van der Waals surface area contributed by atoms with Crippen LogP contribution < -0.4 is 5.69 Å². The molecule has 0 bridgehead atoms. The lowest BCUT2D eigenvalue weighted by molar-refractivity contribution is 0.102. The van der Waals surface area contributed by atoms with E-state index in [9.17, 15) is 18.0 Å². The molecule has 1 saturated heterocycles. The van der Waals surface area contributed by atoms with Gasteiger partial charge in [0.15, 0.2) is 20.8 Å². The summed E-state index contributed by atoms with van der Waals surface area (Å²) in [6.45, 7) is 3.74. The highest BCUT2D eigenvalue weighted by Crippen LogP contribution is 2.29. The topological polar surface area (TPSA) is 107 Å². The summed E-state index contributed by atoms with van der Waals surface area (Å²) in [5.74, 6) is 0.411. The summed E-state index contributed by atoms with van der Waals surface area (Å²) in [4.78, 5) is 23.9. The molecule has 1 aliphatic rings. The van der Waals surface area contributed by atoms with Gasteiger partial charge in [0.05, 0.1) is 17.3 Å². The van der Waals surface area contributed by atoms with Gasteiger partial charge in [-0.2, -0.15) is 0 Å². The van der Waals surface area contributed by atoms with Crippen molar-refractivity contribution in [3.8, 4) is 0 Å². The molecule has 0 amide bonds. The van der Waals surface area contributed by atoms with Gasteiger partial charge in [-0.05, 0) is 26.3 Å². The van der Waals surface area contributed by atoms with Crippen molar-refractivity contribution < 1.29 is 13.2 Å². The van der Waals surface area contributed by atoms with Crippen LogP contribution >= 0.6 is 11.8 Å². The molecule has 1 aliphatic heterocycles. The Bertz CT molecular complexity index is 984. The van der Waals surface area contributed by atoms with Crippen molar-refractivity contribution >= 4 is 27.4 Å². The van der Waals surface area contributed by atoms with Crippen LogP contribution in [0.1, 0.15) is 34.2 Å². The van der Waals surface area contributed by atoms with Gasteiger partial charge >= 0.3 is 5.69 Å². The molecule has 1 atom stereocenters. The van der Waals surface area contributed by atoms with Crippen molar-refractivity contribution in [2.75, 3.05) is 17.3 Å². The largest absolute Gasteiger partial charge is 0.344 e. The summed E-state index contributed by atoms with van der Waals surface area (Å²) >= 11 is 1.19. The van der Waals surface area contributed by atoms with Crippen LogP contribution in [0.3, 0.4) is 0 Å². The molecule has 10 heteroatoms. The van der Waals surface area contributed by atoms with Gasteiger partial charge in [-0.15, -0.1) is 5.10 Å². The average molecular weight is 384 g/mol. The second-order valence-corrected chi connectivity index (χ2v) is 9.47. The maximum Gasteiger partial charge on any atom is 0.343 e. The zero-order valence-electron chi connectivity index (χ0n) is 14.3. The van der Waals surface area contributed by atoms with E-state index in [1.165, 1.54) is 16.3 Å². The quantitative estimate of drug-likeness (QED) is 0.605. The van der Waals surface area contributed by atoms with Crippen LogP contribution in [-0.4, -0.2) is 50.8 Å². The lowest BCUT2D eigenvalue weighted by atomic mass is 10.2. The minimum Gasteiger partial charge on any atom is -0.344 e. The number of Topliss-reactive ketones (excluding diaryl/α,β-unsaturated/α-hetero) is 1. The van der Waals surface area contributed by atoms with E-state index < -0.39 is 9.84 Å². The average Bonchev–Trinajstić information content (AvgIpc) is 3.15. The fourth-order valence-corrected chi connectivity index (χ4v) is 5.77. The van der Waals surface area contributed by atoms with Crippen molar-refractivity contribution in [2.24, 2.45) is 7.05 Å². The van der Waals surface area contributed by atoms with Gasteiger partial charge in [0, 0.05) is 30.0 Å². The fourth-order valence-electron chi connectivity index (χ4n) is 3.27. The minimum absolute atomic E-state index is 0.0688. The predicted octanol–water partition coefficient (Wildman–Crippen LogP) is 0.861. The predicted molar refractivity (Wildman–Crippen MR) is 95.1 cm³/mol. The Labute approximate surface area is 149 Å². The zero-order valence-corrected chi connectivity index (χ0v) is 15.9. The Morgan fingerprint density at radius 3 is 2.72 bits per heavy atom. The van der Waals surface area contributed by atoms with E-state index in [1.54, 1.807) is 7.05 Å². The Kier molecular flexibility index (Phi) is 4.67. The normalized spacial score (nSPS) is 19.4. The van der Waals surface area contributed by atoms with Crippen molar-refractivity contribution in [3.05, 3.63) is 33.5 Å². The standard InChI is InChI=1S/C15H20N4O4S2/c1-9-6-12(10(2)19(9)11-4-5-25(22,23)8-11)13(20)7-24-15-17-16-14(21)18(15)3/h6,11H,4-5,7-8H2,1-3H3,(H,16,21)/t11-/m1/s1. The number of ketones is 1. The Balaban J connectivity index is 1.79. The van der Waals surface area contributed by atoms with Gasteiger partial charge in [0.1, 0.15) is 0 Å². The van der Waals surface area contributed by atoms with E-state index in [2.05, 4.69) is 10.2 Å². The number of aromatic amines is 1. The molecule has 2 aromatic rings. The molecule has 3 heterocycles. The van der Waals surface area contributed by atoms with Gasteiger partial charge in [-0.3, -0.25) is 9.36 Å². The minimum atomic E-state index is -2.99. The lowest BCUT2D eigenvalue weighted by Gasteiger charge is -2.16. The highest BCUT2D eigenvalue weighted by atomic mass is 32.2. The second-order valence-electron chi connectivity index (χ2n) is 6.29. The van der Waals surface area contributed by atoms with E-state index in [4.69, 9.17) is 0 Å². The number of nitrogens with zero attached hydrogens (tertiary/aromatic N) is 3. The molecular weight excluding hydrogens is 364 g/mol. The monoisotopic (exact) mass is 384 g/mol. The van der Waals surface area contributed by atoms with E-state index in [1.807, 2.05) is 24.5 Å². The zero-order chi connectivity index (χ0) is 18.4. The first-order valence-electron chi connectivity index (χ1n) is 7.86. The van der Waals surface area contributed by atoms with Gasteiger partial charge in [-0.25, -0.2) is 18.3 Å². The number of sulfone groups is 1. The molecule has 3 rings (SSSR count). The van der Waals surface area contributed by atoms with E-state index in [-0.39, 0.29) is 34.8 Å². The van der Waals surface area contributed by atoms with Crippen molar-refractivity contribution in [1.29, 1.82) is 0 Å². The first-order valence-corrected chi connectivity index (χ1v) is 10.7. The maximum absolute atomic E-state index is 12.6. The molecule has 1 fully saturated rings.